The second kappa shape index (κ2) is 8.39. The molecule has 0 aliphatic rings. The van der Waals surface area contributed by atoms with Crippen LogP contribution in [0.5, 0.6) is 5.75 Å². The third-order valence-corrected chi connectivity index (χ3v) is 4.05. The van der Waals surface area contributed by atoms with E-state index in [9.17, 15) is 14.7 Å². The summed E-state index contributed by atoms with van der Waals surface area (Å²) in [6.07, 6.45) is 0. The van der Waals surface area contributed by atoms with E-state index in [0.29, 0.717) is 17.2 Å². The Hall–Kier alpha value is -3.94. The first-order valence-corrected chi connectivity index (χ1v) is 8.78. The Morgan fingerprint density at radius 1 is 1.00 bits per heavy atom. The van der Waals surface area contributed by atoms with E-state index in [0.717, 1.165) is 11.4 Å². The molecule has 0 aliphatic carbocycles. The summed E-state index contributed by atoms with van der Waals surface area (Å²) >= 11 is 0. The van der Waals surface area contributed by atoms with E-state index >= 15 is 0 Å². The molecule has 148 valence electrons. The molecule has 8 heteroatoms. The van der Waals surface area contributed by atoms with Gasteiger partial charge in [0.2, 0.25) is 5.95 Å². The van der Waals surface area contributed by atoms with Gasteiger partial charge < -0.3 is 20.5 Å². The summed E-state index contributed by atoms with van der Waals surface area (Å²) in [4.78, 5) is 33.0. The summed E-state index contributed by atoms with van der Waals surface area (Å²) in [5.41, 5.74) is 2.71. The summed E-state index contributed by atoms with van der Waals surface area (Å²) < 4.78 is 4.62. The zero-order valence-electron chi connectivity index (χ0n) is 16.2. The quantitative estimate of drug-likeness (QED) is 0.449. The van der Waals surface area contributed by atoms with Crippen molar-refractivity contribution >= 4 is 29.2 Å². The lowest BCUT2D eigenvalue weighted by atomic mass is 10.1. The second-order valence-electron chi connectivity index (χ2n) is 6.33. The molecule has 0 spiro atoms. The number of aromatic hydroxyl groups is 1. The number of phenols is 1. The molecule has 2 aromatic carbocycles. The first-order chi connectivity index (χ1) is 13.9. The van der Waals surface area contributed by atoms with Gasteiger partial charge in [-0.1, -0.05) is 12.1 Å². The average molecular weight is 392 g/mol. The van der Waals surface area contributed by atoms with Crippen molar-refractivity contribution in [3.8, 4) is 5.75 Å². The zero-order chi connectivity index (χ0) is 21.0. The molecule has 1 amide bonds. The van der Waals surface area contributed by atoms with Crippen LogP contribution in [0.3, 0.4) is 0 Å². The highest BCUT2D eigenvalue weighted by molar-refractivity contribution is 6.06. The number of methoxy groups -OCH3 is 1. The number of amides is 1. The van der Waals surface area contributed by atoms with E-state index in [-0.39, 0.29) is 17.0 Å². The molecule has 0 atom stereocenters. The van der Waals surface area contributed by atoms with Gasteiger partial charge in [0.1, 0.15) is 5.56 Å². The molecule has 0 bridgehead atoms. The Labute approximate surface area is 167 Å². The number of para-hydroxylation sites is 1. The minimum atomic E-state index is -0.696. The topological polar surface area (TPSA) is 113 Å². The number of hydrogen-bond donors (Lipinski definition) is 3. The predicted octanol–water partition coefficient (Wildman–Crippen LogP) is 3.58. The SMILES string of the molecule is COC(=O)c1cccc(NC(=O)c2cccc(Nc3nc(C)cc(C)n3)c2)c1O. The molecule has 0 unspecified atom stereocenters. The zero-order valence-corrected chi connectivity index (χ0v) is 16.2. The van der Waals surface area contributed by atoms with Gasteiger partial charge in [0.25, 0.3) is 5.91 Å². The number of hydrogen-bond acceptors (Lipinski definition) is 7. The number of anilines is 3. The maximum Gasteiger partial charge on any atom is 0.341 e. The number of aryl methyl sites for hydroxylation is 2. The van der Waals surface area contributed by atoms with Gasteiger partial charge in [-0.2, -0.15) is 0 Å². The molecule has 0 aliphatic heterocycles. The van der Waals surface area contributed by atoms with Gasteiger partial charge in [-0.25, -0.2) is 14.8 Å². The van der Waals surface area contributed by atoms with Crippen molar-refractivity contribution in [1.29, 1.82) is 0 Å². The third-order valence-electron chi connectivity index (χ3n) is 4.05. The summed E-state index contributed by atoms with van der Waals surface area (Å²) in [6, 6.07) is 13.1. The Balaban J connectivity index is 1.80. The third kappa shape index (κ3) is 4.67. The van der Waals surface area contributed by atoms with Crippen molar-refractivity contribution < 1.29 is 19.4 Å². The van der Waals surface area contributed by atoms with Crippen LogP contribution < -0.4 is 10.6 Å². The van der Waals surface area contributed by atoms with E-state index in [4.69, 9.17) is 0 Å². The largest absolute Gasteiger partial charge is 0.505 e. The fourth-order valence-electron chi connectivity index (χ4n) is 2.76. The molecule has 0 fully saturated rings. The monoisotopic (exact) mass is 392 g/mol. The molecule has 1 heterocycles. The average Bonchev–Trinajstić information content (AvgIpc) is 2.68. The summed E-state index contributed by atoms with van der Waals surface area (Å²) in [5, 5.41) is 15.9. The van der Waals surface area contributed by atoms with Crippen molar-refractivity contribution in [3.05, 3.63) is 71.0 Å². The van der Waals surface area contributed by atoms with Crippen LogP contribution in [0, 0.1) is 13.8 Å². The summed E-state index contributed by atoms with van der Waals surface area (Å²) in [5.74, 6) is -1.07. The standard InChI is InChI=1S/C21H20N4O4/c1-12-10-13(2)23-21(22-12)24-15-7-4-6-14(11-15)19(27)25-17-9-5-8-16(18(17)26)20(28)29-3/h4-11,26H,1-3H3,(H,25,27)(H,22,23,24). The maximum atomic E-state index is 12.6. The minimum Gasteiger partial charge on any atom is -0.505 e. The number of nitrogens with zero attached hydrogens (tertiary/aromatic N) is 2. The van der Waals surface area contributed by atoms with Crippen LogP contribution in [0.25, 0.3) is 0 Å². The van der Waals surface area contributed by atoms with Gasteiger partial charge in [-0.15, -0.1) is 0 Å². The van der Waals surface area contributed by atoms with Gasteiger partial charge in [-0.05, 0) is 50.2 Å². The molecule has 8 nitrogen and oxygen atoms in total. The van der Waals surface area contributed by atoms with Crippen LogP contribution in [-0.2, 0) is 4.74 Å². The van der Waals surface area contributed by atoms with Crippen molar-refractivity contribution in [3.63, 3.8) is 0 Å². The first kappa shape index (κ1) is 19.8. The van der Waals surface area contributed by atoms with Crippen LogP contribution in [0.15, 0.2) is 48.5 Å². The van der Waals surface area contributed by atoms with E-state index in [1.807, 2.05) is 19.9 Å². The molecule has 29 heavy (non-hydrogen) atoms. The lowest BCUT2D eigenvalue weighted by molar-refractivity contribution is 0.0597. The first-order valence-electron chi connectivity index (χ1n) is 8.78. The van der Waals surface area contributed by atoms with E-state index in [1.54, 1.807) is 24.3 Å². The van der Waals surface area contributed by atoms with Crippen molar-refractivity contribution in [2.75, 3.05) is 17.7 Å². The predicted molar refractivity (Wildman–Crippen MR) is 109 cm³/mol. The molecule has 3 N–H and O–H groups in total. The summed E-state index contributed by atoms with van der Waals surface area (Å²) in [6.45, 7) is 3.75. The normalized spacial score (nSPS) is 10.3. The summed E-state index contributed by atoms with van der Waals surface area (Å²) in [7, 11) is 1.21. The number of carbonyl (C=O) groups excluding carboxylic acids is 2. The second-order valence-corrected chi connectivity index (χ2v) is 6.33. The molecular formula is C21H20N4O4. The number of benzene rings is 2. The fourth-order valence-corrected chi connectivity index (χ4v) is 2.76. The van der Waals surface area contributed by atoms with Gasteiger partial charge >= 0.3 is 5.97 Å². The van der Waals surface area contributed by atoms with E-state index < -0.39 is 11.9 Å². The highest BCUT2D eigenvalue weighted by Gasteiger charge is 2.17. The Morgan fingerprint density at radius 3 is 2.38 bits per heavy atom. The van der Waals surface area contributed by atoms with Gasteiger partial charge in [0.05, 0.1) is 12.8 Å². The highest BCUT2D eigenvalue weighted by atomic mass is 16.5. The van der Waals surface area contributed by atoms with Gasteiger partial charge in [-0.3, -0.25) is 4.79 Å². The molecular weight excluding hydrogens is 372 g/mol. The fraction of sp³-hybridized carbons (Fsp3) is 0.143. The molecule has 3 aromatic rings. The Morgan fingerprint density at radius 2 is 1.69 bits per heavy atom. The van der Waals surface area contributed by atoms with Crippen LogP contribution in [0.1, 0.15) is 32.1 Å². The van der Waals surface area contributed by atoms with Crippen LogP contribution in [0.2, 0.25) is 0 Å². The Kier molecular flexibility index (Phi) is 5.73. The highest BCUT2D eigenvalue weighted by Crippen LogP contribution is 2.28. The van der Waals surface area contributed by atoms with E-state index in [2.05, 4.69) is 25.3 Å². The number of phenolic OH excluding ortho intramolecular Hbond substituents is 1. The van der Waals surface area contributed by atoms with Crippen molar-refractivity contribution in [2.45, 2.75) is 13.8 Å². The Bertz CT molecular complexity index is 1060. The molecule has 1 aromatic heterocycles. The smallest absolute Gasteiger partial charge is 0.341 e. The molecule has 0 radical (unpaired) electrons. The lowest BCUT2D eigenvalue weighted by Crippen LogP contribution is -2.13. The van der Waals surface area contributed by atoms with Crippen molar-refractivity contribution in [1.82, 2.24) is 9.97 Å². The molecule has 3 rings (SSSR count). The number of carbonyl (C=O) groups is 2. The molecule has 0 saturated carbocycles. The van der Waals surface area contributed by atoms with Gasteiger partial charge in [0.15, 0.2) is 5.75 Å². The number of rotatable bonds is 5. The van der Waals surface area contributed by atoms with Crippen LogP contribution >= 0.6 is 0 Å². The minimum absolute atomic E-state index is 0.0346. The number of ether oxygens (including phenoxy) is 1. The number of nitrogens with one attached hydrogen (secondary N) is 2. The van der Waals surface area contributed by atoms with Crippen LogP contribution in [0.4, 0.5) is 17.3 Å². The van der Waals surface area contributed by atoms with E-state index in [1.165, 1.54) is 25.3 Å². The number of aromatic nitrogens is 2. The van der Waals surface area contributed by atoms with Crippen LogP contribution in [-0.4, -0.2) is 34.1 Å². The maximum absolute atomic E-state index is 12.6. The number of esters is 1. The molecule has 0 saturated heterocycles. The lowest BCUT2D eigenvalue weighted by Gasteiger charge is -2.11. The van der Waals surface area contributed by atoms with Gasteiger partial charge in [0, 0.05) is 22.6 Å². The van der Waals surface area contributed by atoms with Crippen molar-refractivity contribution in [2.24, 2.45) is 0 Å².